The molecule has 206 valence electrons. The fraction of sp³-hybridized carbons (Fsp3) is 0.0625. The van der Waals surface area contributed by atoms with Gasteiger partial charge in [0.25, 0.3) is 11.8 Å². The smallest absolute Gasteiger partial charge is 0.335 e. The van der Waals surface area contributed by atoms with Gasteiger partial charge in [-0.1, -0.05) is 48.0 Å². The predicted octanol–water partition coefficient (Wildman–Crippen LogP) is 5.83. The molecule has 4 rings (SSSR count). The lowest BCUT2D eigenvalue weighted by Gasteiger charge is -2.12. The van der Waals surface area contributed by atoms with Crippen molar-refractivity contribution < 1.29 is 24.3 Å². The highest BCUT2D eigenvalue weighted by Crippen LogP contribution is 2.21. The van der Waals surface area contributed by atoms with E-state index in [4.69, 9.17) is 5.11 Å². The Morgan fingerprint density at radius 1 is 0.732 bits per heavy atom. The third-order valence-electron chi connectivity index (χ3n) is 5.81. The summed E-state index contributed by atoms with van der Waals surface area (Å²) < 4.78 is 0. The zero-order valence-corrected chi connectivity index (χ0v) is 22.9. The van der Waals surface area contributed by atoms with Crippen molar-refractivity contribution in [3.8, 4) is 0 Å². The maximum absolute atomic E-state index is 13.2. The number of carbonyl (C=O) groups excluding carboxylic acids is 3. The highest BCUT2D eigenvalue weighted by atomic mass is 32.2. The maximum atomic E-state index is 13.2. The van der Waals surface area contributed by atoms with E-state index in [2.05, 4.69) is 16.0 Å². The molecule has 4 N–H and O–H groups in total. The quantitative estimate of drug-likeness (QED) is 0.142. The van der Waals surface area contributed by atoms with Gasteiger partial charge in [0, 0.05) is 21.8 Å². The molecule has 0 aliphatic carbocycles. The molecule has 0 radical (unpaired) electrons. The first-order valence-electron chi connectivity index (χ1n) is 12.6. The molecule has 3 amide bonds. The van der Waals surface area contributed by atoms with Crippen molar-refractivity contribution in [2.24, 2.45) is 0 Å². The van der Waals surface area contributed by atoms with Crippen molar-refractivity contribution in [3.05, 3.63) is 131 Å². The Bertz CT molecular complexity index is 1570. The largest absolute Gasteiger partial charge is 0.478 e. The van der Waals surface area contributed by atoms with Crippen LogP contribution in [0.1, 0.15) is 31.8 Å². The van der Waals surface area contributed by atoms with Crippen molar-refractivity contribution in [1.82, 2.24) is 5.32 Å². The van der Waals surface area contributed by atoms with Gasteiger partial charge < -0.3 is 21.1 Å². The minimum Gasteiger partial charge on any atom is -0.478 e. The van der Waals surface area contributed by atoms with Gasteiger partial charge in [-0.05, 0) is 79.2 Å². The van der Waals surface area contributed by atoms with Crippen molar-refractivity contribution in [2.75, 3.05) is 16.4 Å². The summed E-state index contributed by atoms with van der Waals surface area (Å²) in [6, 6.07) is 29.1. The number of carbonyl (C=O) groups is 4. The van der Waals surface area contributed by atoms with Gasteiger partial charge in [-0.2, -0.15) is 0 Å². The van der Waals surface area contributed by atoms with Crippen molar-refractivity contribution in [2.45, 2.75) is 11.8 Å². The number of nitrogens with one attached hydrogen (secondary N) is 3. The second kappa shape index (κ2) is 13.8. The Labute approximate surface area is 241 Å². The third kappa shape index (κ3) is 8.67. The molecule has 0 fully saturated rings. The molecule has 0 saturated heterocycles. The number of aryl methyl sites for hydroxylation is 1. The Hall–Kier alpha value is -5.15. The first-order chi connectivity index (χ1) is 19.8. The van der Waals surface area contributed by atoms with Crippen LogP contribution in [0.2, 0.25) is 0 Å². The molecule has 0 spiro atoms. The number of aromatic carboxylic acids is 1. The van der Waals surface area contributed by atoms with Crippen LogP contribution in [0.15, 0.2) is 114 Å². The number of hydrogen-bond acceptors (Lipinski definition) is 5. The van der Waals surface area contributed by atoms with E-state index >= 15 is 0 Å². The van der Waals surface area contributed by atoms with Gasteiger partial charge in [-0.3, -0.25) is 14.4 Å². The molecule has 41 heavy (non-hydrogen) atoms. The van der Waals surface area contributed by atoms with E-state index in [-0.39, 0.29) is 22.9 Å². The highest BCUT2D eigenvalue weighted by molar-refractivity contribution is 8.00. The molecule has 0 bridgehead atoms. The van der Waals surface area contributed by atoms with Gasteiger partial charge in [-0.25, -0.2) is 4.79 Å². The molecular weight excluding hydrogens is 538 g/mol. The molecule has 0 atom stereocenters. The van der Waals surface area contributed by atoms with Crippen molar-refractivity contribution in [3.63, 3.8) is 0 Å². The van der Waals surface area contributed by atoms with Crippen LogP contribution in [0, 0.1) is 6.92 Å². The molecular formula is C32H27N3O5S. The van der Waals surface area contributed by atoms with Crippen LogP contribution >= 0.6 is 11.8 Å². The summed E-state index contributed by atoms with van der Waals surface area (Å²) in [6.07, 6.45) is 1.62. The molecule has 0 unspecified atom stereocenters. The predicted molar refractivity (Wildman–Crippen MR) is 161 cm³/mol. The van der Waals surface area contributed by atoms with Gasteiger partial charge in [0.1, 0.15) is 5.70 Å². The molecule has 9 heteroatoms. The van der Waals surface area contributed by atoms with Gasteiger partial charge in [-0.15, -0.1) is 11.8 Å². The average Bonchev–Trinajstić information content (AvgIpc) is 2.98. The molecule has 4 aromatic rings. The number of benzene rings is 4. The van der Waals surface area contributed by atoms with Crippen molar-refractivity contribution in [1.29, 1.82) is 0 Å². The summed E-state index contributed by atoms with van der Waals surface area (Å²) >= 11 is 1.31. The van der Waals surface area contributed by atoms with Crippen molar-refractivity contribution >= 4 is 52.9 Å². The van der Waals surface area contributed by atoms with Crippen LogP contribution in [0.3, 0.4) is 0 Å². The third-order valence-corrected chi connectivity index (χ3v) is 6.83. The Kier molecular flexibility index (Phi) is 9.69. The Balaban J connectivity index is 1.37. The van der Waals surface area contributed by atoms with E-state index in [0.717, 1.165) is 16.0 Å². The molecule has 0 aliphatic rings. The molecule has 0 aromatic heterocycles. The van der Waals surface area contributed by atoms with E-state index in [1.165, 1.54) is 36.0 Å². The Morgan fingerprint density at radius 2 is 1.34 bits per heavy atom. The summed E-state index contributed by atoms with van der Waals surface area (Å²) in [7, 11) is 0. The van der Waals surface area contributed by atoms with Gasteiger partial charge >= 0.3 is 5.97 Å². The molecule has 8 nitrogen and oxygen atoms in total. The Morgan fingerprint density at radius 3 is 1.98 bits per heavy atom. The molecule has 0 aliphatic heterocycles. The number of carboxylic acid groups (broad SMARTS) is 1. The van der Waals surface area contributed by atoms with E-state index in [0.29, 0.717) is 16.9 Å². The van der Waals surface area contributed by atoms with Crippen LogP contribution in [0.25, 0.3) is 6.08 Å². The summed E-state index contributed by atoms with van der Waals surface area (Å²) in [6.45, 7) is 1.97. The molecule has 0 heterocycles. The fourth-order valence-electron chi connectivity index (χ4n) is 3.65. The lowest BCUT2D eigenvalue weighted by Crippen LogP contribution is -2.30. The lowest BCUT2D eigenvalue weighted by atomic mass is 10.1. The number of hydrogen-bond donors (Lipinski definition) is 4. The van der Waals surface area contributed by atoms with Gasteiger partial charge in [0.2, 0.25) is 5.91 Å². The summed E-state index contributed by atoms with van der Waals surface area (Å²) in [5, 5.41) is 17.2. The van der Waals surface area contributed by atoms with Gasteiger partial charge in [0.15, 0.2) is 0 Å². The van der Waals surface area contributed by atoms with Crippen LogP contribution in [-0.4, -0.2) is 34.6 Å². The minimum atomic E-state index is -1.03. The maximum Gasteiger partial charge on any atom is 0.335 e. The van der Waals surface area contributed by atoms with E-state index in [1.807, 2.05) is 37.3 Å². The molecule has 4 aromatic carbocycles. The first kappa shape index (κ1) is 28.8. The van der Waals surface area contributed by atoms with E-state index in [1.54, 1.807) is 54.6 Å². The SMILES string of the molecule is Cc1ccc(/C=C(\NC(=O)c2ccccc2)C(=O)Nc2ccc(SCC(=O)Nc3ccc(C(=O)O)cc3)cc2)cc1. The monoisotopic (exact) mass is 565 g/mol. The number of anilines is 2. The zero-order chi connectivity index (χ0) is 29.2. The number of carboxylic acids is 1. The number of amides is 3. The summed E-state index contributed by atoms with van der Waals surface area (Å²) in [5.74, 6) is -2.02. The van der Waals surface area contributed by atoms with Gasteiger partial charge in [0.05, 0.1) is 11.3 Å². The summed E-state index contributed by atoms with van der Waals surface area (Å²) in [5.41, 5.74) is 3.52. The first-order valence-corrected chi connectivity index (χ1v) is 13.6. The van der Waals surface area contributed by atoms with Crippen LogP contribution in [0.5, 0.6) is 0 Å². The second-order valence-corrected chi connectivity index (χ2v) is 10.0. The minimum absolute atomic E-state index is 0.0919. The second-order valence-electron chi connectivity index (χ2n) is 8.99. The average molecular weight is 566 g/mol. The van der Waals surface area contributed by atoms with Crippen LogP contribution in [0.4, 0.5) is 11.4 Å². The van der Waals surface area contributed by atoms with E-state index in [9.17, 15) is 19.2 Å². The fourth-order valence-corrected chi connectivity index (χ4v) is 4.35. The van der Waals surface area contributed by atoms with E-state index < -0.39 is 17.8 Å². The molecule has 0 saturated carbocycles. The van der Waals surface area contributed by atoms with Crippen LogP contribution in [-0.2, 0) is 9.59 Å². The zero-order valence-electron chi connectivity index (χ0n) is 22.1. The summed E-state index contributed by atoms with van der Waals surface area (Å²) in [4.78, 5) is 50.1. The highest BCUT2D eigenvalue weighted by Gasteiger charge is 2.15. The lowest BCUT2D eigenvalue weighted by molar-refractivity contribution is -0.114. The number of rotatable bonds is 10. The van der Waals surface area contributed by atoms with Crippen LogP contribution < -0.4 is 16.0 Å². The topological polar surface area (TPSA) is 125 Å². The number of thioether (sulfide) groups is 1. The normalized spacial score (nSPS) is 10.9. The standard InChI is InChI=1S/C32H27N3O5S/c1-21-7-9-22(10-8-21)19-28(35-30(37)23-5-3-2-4-6-23)31(38)34-26-15-17-27(18-16-26)41-20-29(36)33-25-13-11-24(12-14-25)32(39)40/h2-19H,20H2,1H3,(H,33,36)(H,34,38)(H,35,37)(H,39,40)/b28-19-.